The number of rotatable bonds is 2. The molecular formula is C7H9F3N2S. The summed E-state index contributed by atoms with van der Waals surface area (Å²) < 4.78 is 36.1. The first-order chi connectivity index (χ1) is 5.89. The van der Waals surface area contributed by atoms with Gasteiger partial charge in [-0.2, -0.15) is 13.2 Å². The van der Waals surface area contributed by atoms with E-state index in [-0.39, 0.29) is 6.54 Å². The zero-order valence-corrected chi connectivity index (χ0v) is 8.04. The summed E-state index contributed by atoms with van der Waals surface area (Å²) in [6.45, 7) is 1.58. The van der Waals surface area contributed by atoms with Crippen LogP contribution in [0.25, 0.3) is 0 Å². The Balaban J connectivity index is 2.60. The average Bonchev–Trinajstić information content (AvgIpc) is 2.33. The summed E-state index contributed by atoms with van der Waals surface area (Å²) >= 11 is 1.35. The summed E-state index contributed by atoms with van der Waals surface area (Å²) in [5, 5.41) is 2.42. The quantitative estimate of drug-likeness (QED) is 0.697. The van der Waals surface area contributed by atoms with Crippen LogP contribution >= 0.6 is 11.3 Å². The third-order valence-electron chi connectivity index (χ3n) is 1.50. The minimum Gasteiger partial charge on any atom is -0.245 e. The summed E-state index contributed by atoms with van der Waals surface area (Å²) in [4.78, 5) is 4.25. The lowest BCUT2D eigenvalue weighted by Gasteiger charge is -2.18. The molecule has 1 rings (SSSR count). The van der Waals surface area contributed by atoms with E-state index in [1.54, 1.807) is 12.3 Å². The van der Waals surface area contributed by atoms with E-state index in [1.807, 2.05) is 0 Å². The van der Waals surface area contributed by atoms with Crippen LogP contribution in [0.1, 0.15) is 10.7 Å². The van der Waals surface area contributed by atoms with E-state index in [2.05, 4.69) is 4.98 Å². The van der Waals surface area contributed by atoms with Gasteiger partial charge in [0.05, 0.1) is 10.7 Å². The molecule has 0 radical (unpaired) electrons. The van der Waals surface area contributed by atoms with Gasteiger partial charge in [-0.3, -0.25) is 0 Å². The number of hydrogen-bond donors (Lipinski definition) is 0. The molecule has 13 heavy (non-hydrogen) atoms. The van der Waals surface area contributed by atoms with Crippen molar-refractivity contribution in [1.82, 2.24) is 9.88 Å². The second-order valence-electron chi connectivity index (χ2n) is 2.68. The Morgan fingerprint density at radius 1 is 1.54 bits per heavy atom. The summed E-state index contributed by atoms with van der Waals surface area (Å²) in [6.07, 6.45) is -4.28. The van der Waals surface area contributed by atoms with Crippen molar-refractivity contribution in [1.29, 1.82) is 0 Å². The van der Waals surface area contributed by atoms with Gasteiger partial charge in [-0.05, 0) is 14.0 Å². The molecule has 1 heterocycles. The molecule has 0 atom stereocenters. The third kappa shape index (κ3) is 2.96. The van der Waals surface area contributed by atoms with Gasteiger partial charge in [-0.25, -0.2) is 9.88 Å². The molecule has 1 aromatic heterocycles. The van der Waals surface area contributed by atoms with Crippen molar-refractivity contribution in [3.05, 3.63) is 16.1 Å². The number of hydrogen-bond acceptors (Lipinski definition) is 3. The lowest BCUT2D eigenvalue weighted by atomic mass is 10.4. The lowest BCUT2D eigenvalue weighted by Crippen LogP contribution is -2.33. The number of aryl methyl sites for hydroxylation is 1. The van der Waals surface area contributed by atoms with Gasteiger partial charge >= 0.3 is 6.30 Å². The highest BCUT2D eigenvalue weighted by Crippen LogP contribution is 2.21. The number of alkyl halides is 3. The maximum Gasteiger partial charge on any atom is 0.460 e. The number of aromatic nitrogens is 1. The first-order valence-electron chi connectivity index (χ1n) is 3.58. The fraction of sp³-hybridized carbons (Fsp3) is 0.571. The van der Waals surface area contributed by atoms with Crippen molar-refractivity contribution >= 4 is 11.3 Å². The van der Waals surface area contributed by atoms with Crippen LogP contribution < -0.4 is 0 Å². The minimum atomic E-state index is -4.28. The van der Waals surface area contributed by atoms with Crippen LogP contribution in [0.4, 0.5) is 13.2 Å². The van der Waals surface area contributed by atoms with Gasteiger partial charge in [0.2, 0.25) is 0 Å². The Morgan fingerprint density at radius 2 is 2.15 bits per heavy atom. The predicted octanol–water partition coefficient (Wildman–Crippen LogP) is 2.40. The third-order valence-corrected chi connectivity index (χ3v) is 2.32. The van der Waals surface area contributed by atoms with Crippen LogP contribution in [-0.4, -0.2) is 23.2 Å². The van der Waals surface area contributed by atoms with Crippen molar-refractivity contribution in [2.45, 2.75) is 19.8 Å². The highest BCUT2D eigenvalue weighted by atomic mass is 32.1. The van der Waals surface area contributed by atoms with Crippen molar-refractivity contribution in [3.8, 4) is 0 Å². The molecule has 0 aliphatic heterocycles. The van der Waals surface area contributed by atoms with Gasteiger partial charge in [0.1, 0.15) is 0 Å². The predicted molar refractivity (Wildman–Crippen MR) is 44.4 cm³/mol. The second kappa shape index (κ2) is 3.63. The van der Waals surface area contributed by atoms with E-state index in [1.165, 1.54) is 11.3 Å². The molecule has 6 heteroatoms. The molecule has 74 valence electrons. The van der Waals surface area contributed by atoms with Crippen LogP contribution in [0.15, 0.2) is 5.38 Å². The van der Waals surface area contributed by atoms with Gasteiger partial charge in [-0.15, -0.1) is 11.3 Å². The smallest absolute Gasteiger partial charge is 0.245 e. The van der Waals surface area contributed by atoms with Crippen molar-refractivity contribution in [3.63, 3.8) is 0 Å². The van der Waals surface area contributed by atoms with Crippen molar-refractivity contribution in [2.75, 3.05) is 7.05 Å². The van der Waals surface area contributed by atoms with Crippen LogP contribution in [-0.2, 0) is 6.54 Å². The zero-order valence-electron chi connectivity index (χ0n) is 7.22. The molecule has 0 aliphatic rings. The molecule has 0 amide bonds. The molecule has 1 aromatic rings. The standard InChI is InChI=1S/C7H9F3N2S/c1-5-11-6(4-13-5)3-12(2)7(8,9)10/h4H,3H2,1-2H3. The first-order valence-corrected chi connectivity index (χ1v) is 4.46. The molecule has 0 saturated carbocycles. The zero-order chi connectivity index (χ0) is 10.1. The molecular weight excluding hydrogens is 201 g/mol. The van der Waals surface area contributed by atoms with Crippen LogP contribution in [0.2, 0.25) is 0 Å². The Bertz CT molecular complexity index is 282. The van der Waals surface area contributed by atoms with E-state index in [0.29, 0.717) is 10.6 Å². The lowest BCUT2D eigenvalue weighted by molar-refractivity contribution is -0.240. The Kier molecular flexibility index (Phi) is 2.92. The maximum absolute atomic E-state index is 12.0. The van der Waals surface area contributed by atoms with E-state index in [4.69, 9.17) is 0 Å². The minimum absolute atomic E-state index is 0.187. The Hall–Kier alpha value is -0.620. The summed E-state index contributed by atoms with van der Waals surface area (Å²) in [6, 6.07) is 0. The van der Waals surface area contributed by atoms with E-state index in [9.17, 15) is 13.2 Å². The van der Waals surface area contributed by atoms with Gasteiger partial charge in [0.25, 0.3) is 0 Å². The SMILES string of the molecule is Cc1nc(CN(C)C(F)(F)F)cs1. The summed E-state index contributed by atoms with van der Waals surface area (Å²) in [5.41, 5.74) is 0.460. The van der Waals surface area contributed by atoms with Gasteiger partial charge in [0, 0.05) is 11.9 Å². The Morgan fingerprint density at radius 3 is 2.54 bits per heavy atom. The van der Waals surface area contributed by atoms with Crippen LogP contribution in [0, 0.1) is 6.92 Å². The molecule has 0 N–H and O–H groups in total. The normalized spacial score (nSPS) is 12.5. The molecule has 0 aromatic carbocycles. The van der Waals surface area contributed by atoms with Crippen LogP contribution in [0.5, 0.6) is 0 Å². The number of nitrogens with zero attached hydrogens (tertiary/aromatic N) is 2. The summed E-state index contributed by atoms with van der Waals surface area (Å²) in [5.74, 6) is 0. The molecule has 0 spiro atoms. The Labute approximate surface area is 78.0 Å². The maximum atomic E-state index is 12.0. The fourth-order valence-electron chi connectivity index (χ4n) is 0.813. The van der Waals surface area contributed by atoms with Crippen molar-refractivity contribution < 1.29 is 13.2 Å². The highest BCUT2D eigenvalue weighted by molar-refractivity contribution is 7.09. The fourth-order valence-corrected chi connectivity index (χ4v) is 1.42. The molecule has 0 unspecified atom stereocenters. The van der Waals surface area contributed by atoms with E-state index in [0.717, 1.165) is 12.1 Å². The van der Waals surface area contributed by atoms with E-state index >= 15 is 0 Å². The molecule has 0 fully saturated rings. The topological polar surface area (TPSA) is 16.1 Å². The summed E-state index contributed by atoms with van der Waals surface area (Å²) in [7, 11) is 1.01. The number of halogens is 3. The van der Waals surface area contributed by atoms with Crippen LogP contribution in [0.3, 0.4) is 0 Å². The number of thiazole rings is 1. The molecule has 0 saturated heterocycles. The van der Waals surface area contributed by atoms with E-state index < -0.39 is 6.30 Å². The molecule has 0 bridgehead atoms. The second-order valence-corrected chi connectivity index (χ2v) is 3.74. The molecule has 2 nitrogen and oxygen atoms in total. The highest BCUT2D eigenvalue weighted by Gasteiger charge is 2.34. The monoisotopic (exact) mass is 210 g/mol. The van der Waals surface area contributed by atoms with Gasteiger partial charge in [-0.1, -0.05) is 0 Å². The van der Waals surface area contributed by atoms with Crippen molar-refractivity contribution in [2.24, 2.45) is 0 Å². The average molecular weight is 210 g/mol. The molecule has 0 aliphatic carbocycles. The van der Waals surface area contributed by atoms with Gasteiger partial charge < -0.3 is 0 Å². The van der Waals surface area contributed by atoms with Gasteiger partial charge in [0.15, 0.2) is 0 Å². The first kappa shape index (κ1) is 10.5. The largest absolute Gasteiger partial charge is 0.460 e.